The van der Waals surface area contributed by atoms with Gasteiger partial charge in [0.15, 0.2) is 5.96 Å². The summed E-state index contributed by atoms with van der Waals surface area (Å²) in [5.74, 6) is 1.24. The smallest absolute Gasteiger partial charge is 0.261 e. The summed E-state index contributed by atoms with van der Waals surface area (Å²) in [6, 6.07) is 7.95. The second kappa shape index (κ2) is 10.1. The Balaban J connectivity index is 1.59. The van der Waals surface area contributed by atoms with Gasteiger partial charge in [0, 0.05) is 37.5 Å². The summed E-state index contributed by atoms with van der Waals surface area (Å²) in [6.07, 6.45) is 0.846. The van der Waals surface area contributed by atoms with Crippen LogP contribution in [0.25, 0.3) is 0 Å². The van der Waals surface area contributed by atoms with Gasteiger partial charge in [-0.3, -0.25) is 9.79 Å². The Morgan fingerprint density at radius 1 is 1.12 bits per heavy atom. The minimum Gasteiger partial charge on any atom is -0.356 e. The number of hydrogen-bond donors (Lipinski definition) is 3. The highest BCUT2D eigenvalue weighted by Crippen LogP contribution is 2.19. The zero-order valence-electron chi connectivity index (χ0n) is 14.0. The molecule has 2 aromatic rings. The molecule has 0 radical (unpaired) electrons. The molecule has 0 aliphatic heterocycles. The van der Waals surface area contributed by atoms with Crippen molar-refractivity contribution < 1.29 is 4.79 Å². The van der Waals surface area contributed by atoms with Crippen LogP contribution < -0.4 is 16.0 Å². The lowest BCUT2D eigenvalue weighted by atomic mass is 10.1. The average molecular weight is 365 g/mol. The predicted octanol–water partition coefficient (Wildman–Crippen LogP) is 2.90. The van der Waals surface area contributed by atoms with Crippen molar-refractivity contribution in [3.05, 3.63) is 44.8 Å². The van der Waals surface area contributed by atoms with Crippen molar-refractivity contribution in [2.75, 3.05) is 26.7 Å². The fraction of sp³-hybridized carbons (Fsp3) is 0.412. The Morgan fingerprint density at radius 2 is 1.88 bits per heavy atom. The van der Waals surface area contributed by atoms with E-state index in [-0.39, 0.29) is 5.91 Å². The molecular formula is C17H24N4OS2. The normalized spacial score (nSPS) is 12.7. The minimum atomic E-state index is -0.00252. The van der Waals surface area contributed by atoms with Gasteiger partial charge in [0.1, 0.15) is 0 Å². The van der Waals surface area contributed by atoms with Gasteiger partial charge in [-0.1, -0.05) is 19.1 Å². The fourth-order valence-electron chi connectivity index (χ4n) is 2.13. The molecule has 0 aromatic carbocycles. The quantitative estimate of drug-likeness (QED) is 0.383. The van der Waals surface area contributed by atoms with Crippen LogP contribution in [-0.4, -0.2) is 38.5 Å². The zero-order chi connectivity index (χ0) is 17.2. The first-order chi connectivity index (χ1) is 11.7. The molecule has 1 unspecified atom stereocenters. The van der Waals surface area contributed by atoms with Crippen molar-refractivity contribution in [2.45, 2.75) is 19.3 Å². The highest BCUT2D eigenvalue weighted by Gasteiger charge is 2.07. The minimum absolute atomic E-state index is 0.00252. The molecule has 0 spiro atoms. The number of thiophene rings is 2. The van der Waals surface area contributed by atoms with Crippen molar-refractivity contribution in [1.29, 1.82) is 0 Å². The molecule has 2 aromatic heterocycles. The third-order valence-electron chi connectivity index (χ3n) is 3.50. The summed E-state index contributed by atoms with van der Waals surface area (Å²) in [6.45, 7) is 4.45. The van der Waals surface area contributed by atoms with Gasteiger partial charge < -0.3 is 16.0 Å². The van der Waals surface area contributed by atoms with Crippen LogP contribution in [0.5, 0.6) is 0 Å². The SMILES string of the molecule is CN=C(NCCCNC(=O)c1cccs1)NCC(C)c1cccs1. The fourth-order valence-corrected chi connectivity index (χ4v) is 3.56. The van der Waals surface area contributed by atoms with Gasteiger partial charge in [-0.25, -0.2) is 0 Å². The standard InChI is InChI=1S/C17H24N4OS2/c1-13(14-6-3-10-23-14)12-21-17(18-2)20-9-5-8-19-16(22)15-7-4-11-24-15/h3-4,6-7,10-11,13H,5,8-9,12H2,1-2H3,(H,19,22)(H2,18,20,21). The molecule has 0 saturated heterocycles. The van der Waals surface area contributed by atoms with E-state index in [0.717, 1.165) is 30.3 Å². The summed E-state index contributed by atoms with van der Waals surface area (Å²) in [5.41, 5.74) is 0. The van der Waals surface area contributed by atoms with Gasteiger partial charge in [-0.05, 0) is 29.3 Å². The van der Waals surface area contributed by atoms with Crippen molar-refractivity contribution in [1.82, 2.24) is 16.0 Å². The number of hydrogen-bond acceptors (Lipinski definition) is 4. The zero-order valence-corrected chi connectivity index (χ0v) is 15.7. The van der Waals surface area contributed by atoms with Gasteiger partial charge in [0.25, 0.3) is 5.91 Å². The van der Waals surface area contributed by atoms with Crippen LogP contribution in [0.1, 0.15) is 33.8 Å². The lowest BCUT2D eigenvalue weighted by Crippen LogP contribution is -2.40. The molecule has 130 valence electrons. The van der Waals surface area contributed by atoms with Crippen molar-refractivity contribution in [3.63, 3.8) is 0 Å². The maximum Gasteiger partial charge on any atom is 0.261 e. The Morgan fingerprint density at radius 3 is 2.54 bits per heavy atom. The maximum absolute atomic E-state index is 11.8. The lowest BCUT2D eigenvalue weighted by Gasteiger charge is -2.15. The van der Waals surface area contributed by atoms with Gasteiger partial charge in [-0.15, -0.1) is 22.7 Å². The summed E-state index contributed by atoms with van der Waals surface area (Å²) < 4.78 is 0. The Labute approximate surface area is 151 Å². The number of carbonyl (C=O) groups excluding carboxylic acids is 1. The van der Waals surface area contributed by atoms with E-state index in [2.05, 4.69) is 45.4 Å². The molecule has 0 aliphatic rings. The number of guanidine groups is 1. The molecule has 1 atom stereocenters. The second-order valence-corrected chi connectivity index (χ2v) is 7.31. The van der Waals surface area contributed by atoms with E-state index in [1.54, 1.807) is 18.4 Å². The molecule has 0 saturated carbocycles. The lowest BCUT2D eigenvalue weighted by molar-refractivity contribution is 0.0957. The molecule has 0 bridgehead atoms. The third kappa shape index (κ3) is 5.98. The van der Waals surface area contributed by atoms with Crippen LogP contribution in [0.2, 0.25) is 0 Å². The van der Waals surface area contributed by atoms with Gasteiger partial charge in [-0.2, -0.15) is 0 Å². The number of aliphatic imine (C=N–C) groups is 1. The molecule has 5 nitrogen and oxygen atoms in total. The molecule has 0 fully saturated rings. The van der Waals surface area contributed by atoms with Crippen molar-refractivity contribution >= 4 is 34.5 Å². The molecule has 1 amide bonds. The summed E-state index contributed by atoms with van der Waals surface area (Å²) in [5, 5.41) is 13.5. The van der Waals surface area contributed by atoms with Crippen LogP contribution in [0, 0.1) is 0 Å². The van der Waals surface area contributed by atoms with Gasteiger partial charge >= 0.3 is 0 Å². The maximum atomic E-state index is 11.8. The van der Waals surface area contributed by atoms with E-state index in [9.17, 15) is 4.79 Å². The Hall–Kier alpha value is -1.86. The summed E-state index contributed by atoms with van der Waals surface area (Å²) >= 11 is 3.23. The summed E-state index contributed by atoms with van der Waals surface area (Å²) in [4.78, 5) is 18.1. The van der Waals surface area contributed by atoms with Crippen molar-refractivity contribution in [3.8, 4) is 0 Å². The largest absolute Gasteiger partial charge is 0.356 e. The molecule has 2 heterocycles. The molecular weight excluding hydrogens is 340 g/mol. The van der Waals surface area contributed by atoms with Crippen LogP contribution in [-0.2, 0) is 0 Å². The third-order valence-corrected chi connectivity index (χ3v) is 5.48. The first-order valence-electron chi connectivity index (χ1n) is 8.00. The van der Waals surface area contributed by atoms with Crippen LogP contribution in [0.15, 0.2) is 40.0 Å². The Kier molecular flexibility index (Phi) is 7.77. The number of rotatable bonds is 8. The van der Waals surface area contributed by atoms with Crippen molar-refractivity contribution in [2.24, 2.45) is 4.99 Å². The second-order valence-electron chi connectivity index (χ2n) is 5.38. The first-order valence-corrected chi connectivity index (χ1v) is 9.76. The van der Waals surface area contributed by atoms with Crippen LogP contribution in [0.3, 0.4) is 0 Å². The van der Waals surface area contributed by atoms with Gasteiger partial charge in [0.05, 0.1) is 4.88 Å². The number of amides is 1. The van der Waals surface area contributed by atoms with Crippen LogP contribution in [0.4, 0.5) is 0 Å². The topological polar surface area (TPSA) is 65.5 Å². The monoisotopic (exact) mass is 364 g/mol. The van der Waals surface area contributed by atoms with Gasteiger partial charge in [0.2, 0.25) is 0 Å². The molecule has 7 heteroatoms. The van der Waals surface area contributed by atoms with E-state index in [4.69, 9.17) is 0 Å². The Bertz CT molecular complexity index is 623. The van der Waals surface area contributed by atoms with E-state index < -0.39 is 0 Å². The number of carbonyl (C=O) groups is 1. The van der Waals surface area contributed by atoms with Crippen LogP contribution >= 0.6 is 22.7 Å². The van der Waals surface area contributed by atoms with E-state index in [1.165, 1.54) is 16.2 Å². The molecule has 24 heavy (non-hydrogen) atoms. The molecule has 0 aliphatic carbocycles. The number of nitrogens with zero attached hydrogens (tertiary/aromatic N) is 1. The van der Waals surface area contributed by atoms with E-state index in [0.29, 0.717) is 12.5 Å². The molecule has 3 N–H and O–H groups in total. The first kappa shape index (κ1) is 18.5. The molecule has 2 rings (SSSR count). The average Bonchev–Trinajstić information content (AvgIpc) is 3.30. The number of nitrogens with one attached hydrogen (secondary N) is 3. The highest BCUT2D eigenvalue weighted by molar-refractivity contribution is 7.12. The van der Waals surface area contributed by atoms with E-state index >= 15 is 0 Å². The van der Waals surface area contributed by atoms with E-state index in [1.807, 2.05) is 17.5 Å². The summed E-state index contributed by atoms with van der Waals surface area (Å²) in [7, 11) is 1.77. The predicted molar refractivity (Wildman–Crippen MR) is 103 cm³/mol. The highest BCUT2D eigenvalue weighted by atomic mass is 32.1.